The standard InChI is InChI=1S/C28H24N4O3S/c29-28-30-25(20-8-2-1-3-9-20)18-32(28)36(34,35)22-13-14-26-21(17-22)15-16-31(26)27(33)24-12-6-10-19-7-4-5-11-23(19)24/h1-14,17,25H,15-16,18H2,(H2,29,30)/t25-/m1/s1. The predicted molar refractivity (Wildman–Crippen MR) is 140 cm³/mol. The van der Waals surface area contributed by atoms with E-state index in [9.17, 15) is 13.2 Å². The van der Waals surface area contributed by atoms with Gasteiger partial charge in [0.25, 0.3) is 15.9 Å². The van der Waals surface area contributed by atoms with E-state index in [2.05, 4.69) is 4.99 Å². The average molecular weight is 497 g/mol. The molecule has 0 bridgehead atoms. The van der Waals surface area contributed by atoms with Gasteiger partial charge in [0.05, 0.1) is 17.5 Å². The quantitative estimate of drug-likeness (QED) is 0.460. The normalized spacial score (nSPS) is 17.3. The van der Waals surface area contributed by atoms with E-state index >= 15 is 0 Å². The number of hydrogen-bond acceptors (Lipinski definition) is 5. The molecule has 0 saturated heterocycles. The number of nitrogens with two attached hydrogens (primary N) is 1. The SMILES string of the molecule is NC1=N[C@@H](c2ccccc2)CN1S(=O)(=O)c1ccc2c(c1)CCN2C(=O)c1cccc2ccccc12. The Balaban J connectivity index is 1.28. The number of benzene rings is 4. The molecule has 0 aromatic heterocycles. The molecule has 180 valence electrons. The zero-order valence-corrected chi connectivity index (χ0v) is 20.2. The van der Waals surface area contributed by atoms with Gasteiger partial charge in [0.15, 0.2) is 0 Å². The van der Waals surface area contributed by atoms with E-state index in [4.69, 9.17) is 5.73 Å². The van der Waals surface area contributed by atoms with Gasteiger partial charge in [-0.2, -0.15) is 0 Å². The lowest BCUT2D eigenvalue weighted by Crippen LogP contribution is -2.39. The van der Waals surface area contributed by atoms with Crippen LogP contribution in [0.2, 0.25) is 0 Å². The van der Waals surface area contributed by atoms with Crippen molar-refractivity contribution in [3.05, 3.63) is 108 Å². The van der Waals surface area contributed by atoms with Gasteiger partial charge >= 0.3 is 0 Å². The molecule has 1 amide bonds. The van der Waals surface area contributed by atoms with Crippen LogP contribution in [0.1, 0.15) is 27.5 Å². The molecule has 0 aliphatic carbocycles. The average Bonchev–Trinajstić information content (AvgIpc) is 3.52. The number of hydrogen-bond donors (Lipinski definition) is 1. The molecule has 0 saturated carbocycles. The van der Waals surface area contributed by atoms with Crippen molar-refractivity contribution in [2.24, 2.45) is 10.7 Å². The van der Waals surface area contributed by atoms with Crippen molar-refractivity contribution in [1.82, 2.24) is 4.31 Å². The molecule has 0 radical (unpaired) electrons. The molecule has 7 nitrogen and oxygen atoms in total. The molecular formula is C28H24N4O3S. The Kier molecular flexibility index (Phi) is 5.26. The molecule has 1 atom stereocenters. The molecule has 2 aliphatic heterocycles. The lowest BCUT2D eigenvalue weighted by atomic mass is 10.0. The Morgan fingerprint density at radius 1 is 0.917 bits per heavy atom. The highest BCUT2D eigenvalue weighted by Crippen LogP contribution is 2.34. The third-order valence-electron chi connectivity index (χ3n) is 6.87. The van der Waals surface area contributed by atoms with Gasteiger partial charge in [-0.25, -0.2) is 17.7 Å². The van der Waals surface area contributed by atoms with Crippen molar-refractivity contribution in [2.45, 2.75) is 17.4 Å². The summed E-state index contributed by atoms with van der Waals surface area (Å²) in [5.74, 6) is -0.111. The number of rotatable bonds is 4. The number of carbonyl (C=O) groups excluding carboxylic acids is 1. The van der Waals surface area contributed by atoms with Crippen LogP contribution < -0.4 is 10.6 Å². The Morgan fingerprint density at radius 2 is 1.67 bits per heavy atom. The van der Waals surface area contributed by atoms with Gasteiger partial charge in [-0.15, -0.1) is 0 Å². The van der Waals surface area contributed by atoms with E-state index < -0.39 is 10.0 Å². The van der Waals surface area contributed by atoms with Gasteiger partial charge in [0.1, 0.15) is 0 Å². The highest BCUT2D eigenvalue weighted by molar-refractivity contribution is 7.89. The summed E-state index contributed by atoms with van der Waals surface area (Å²) >= 11 is 0. The van der Waals surface area contributed by atoms with Crippen LogP contribution in [0, 0.1) is 0 Å². The first-order chi connectivity index (χ1) is 17.4. The van der Waals surface area contributed by atoms with Crippen LogP contribution >= 0.6 is 0 Å². The minimum Gasteiger partial charge on any atom is -0.369 e. The fourth-order valence-electron chi connectivity index (χ4n) is 5.03. The molecule has 0 fully saturated rings. The highest BCUT2D eigenvalue weighted by Gasteiger charge is 2.36. The van der Waals surface area contributed by atoms with E-state index in [0.717, 1.165) is 27.6 Å². The lowest BCUT2D eigenvalue weighted by Gasteiger charge is -2.21. The molecule has 36 heavy (non-hydrogen) atoms. The maximum absolute atomic E-state index is 13.5. The monoisotopic (exact) mass is 496 g/mol. The molecule has 4 aromatic rings. The first-order valence-electron chi connectivity index (χ1n) is 11.8. The van der Waals surface area contributed by atoms with Crippen molar-refractivity contribution < 1.29 is 13.2 Å². The minimum absolute atomic E-state index is 0.0166. The highest BCUT2D eigenvalue weighted by atomic mass is 32.2. The molecule has 4 aromatic carbocycles. The summed E-state index contributed by atoms with van der Waals surface area (Å²) in [6.07, 6.45) is 0.575. The third-order valence-corrected chi connectivity index (χ3v) is 8.63. The summed E-state index contributed by atoms with van der Waals surface area (Å²) in [6, 6.07) is 27.6. The van der Waals surface area contributed by atoms with Gasteiger partial charge in [-0.05, 0) is 52.6 Å². The van der Waals surface area contributed by atoms with Gasteiger partial charge in [0, 0.05) is 17.8 Å². The van der Waals surface area contributed by atoms with Gasteiger partial charge in [-0.1, -0.05) is 66.7 Å². The van der Waals surface area contributed by atoms with Crippen molar-refractivity contribution in [3.8, 4) is 0 Å². The van der Waals surface area contributed by atoms with E-state index in [1.54, 1.807) is 23.1 Å². The largest absolute Gasteiger partial charge is 0.369 e. The summed E-state index contributed by atoms with van der Waals surface area (Å²) in [4.78, 5) is 19.8. The van der Waals surface area contributed by atoms with E-state index in [0.29, 0.717) is 18.5 Å². The molecule has 2 aliphatic rings. The van der Waals surface area contributed by atoms with Gasteiger partial charge in [0.2, 0.25) is 5.96 Å². The number of fused-ring (bicyclic) bond motifs is 2. The number of sulfonamides is 1. The van der Waals surface area contributed by atoms with E-state index in [-0.39, 0.29) is 29.3 Å². The number of nitrogens with zero attached hydrogens (tertiary/aromatic N) is 3. The van der Waals surface area contributed by atoms with Crippen molar-refractivity contribution in [1.29, 1.82) is 0 Å². The Bertz CT molecular complexity index is 1630. The smallest absolute Gasteiger partial charge is 0.266 e. The number of aliphatic imine (C=N–C) groups is 1. The van der Waals surface area contributed by atoms with Crippen LogP contribution in [0.4, 0.5) is 5.69 Å². The number of guanidine groups is 1. The van der Waals surface area contributed by atoms with Crippen LogP contribution in [0.15, 0.2) is 101 Å². The van der Waals surface area contributed by atoms with Crippen molar-refractivity contribution in [3.63, 3.8) is 0 Å². The second kappa shape index (κ2) is 8.49. The Labute approximate surface area is 209 Å². The molecule has 6 rings (SSSR count). The summed E-state index contributed by atoms with van der Waals surface area (Å²) in [5, 5.41) is 1.90. The fraction of sp³-hybridized carbons (Fsp3) is 0.143. The van der Waals surface area contributed by atoms with Crippen molar-refractivity contribution in [2.75, 3.05) is 18.0 Å². The number of carbonyl (C=O) groups is 1. The predicted octanol–water partition coefficient (Wildman–Crippen LogP) is 4.10. The summed E-state index contributed by atoms with van der Waals surface area (Å²) in [7, 11) is -3.89. The van der Waals surface area contributed by atoms with Gasteiger partial charge < -0.3 is 10.6 Å². The maximum atomic E-state index is 13.5. The van der Waals surface area contributed by atoms with Crippen LogP contribution in [0.5, 0.6) is 0 Å². The second-order valence-corrected chi connectivity index (χ2v) is 10.8. The van der Waals surface area contributed by atoms with E-state index in [1.807, 2.05) is 72.8 Å². The molecule has 8 heteroatoms. The maximum Gasteiger partial charge on any atom is 0.266 e. The second-order valence-electron chi connectivity index (χ2n) is 8.97. The van der Waals surface area contributed by atoms with Crippen molar-refractivity contribution >= 4 is 38.3 Å². The van der Waals surface area contributed by atoms with E-state index in [1.165, 1.54) is 4.31 Å². The Hall–Kier alpha value is -4.17. The van der Waals surface area contributed by atoms with Crippen LogP contribution in [0.25, 0.3) is 10.8 Å². The zero-order chi connectivity index (χ0) is 24.9. The van der Waals surface area contributed by atoms with Gasteiger partial charge in [-0.3, -0.25) is 4.79 Å². The molecule has 2 heterocycles. The molecule has 2 N–H and O–H groups in total. The fourth-order valence-corrected chi connectivity index (χ4v) is 6.44. The first kappa shape index (κ1) is 22.3. The van der Waals surface area contributed by atoms with Crippen LogP contribution in [0.3, 0.4) is 0 Å². The molecular weight excluding hydrogens is 472 g/mol. The molecule has 0 unspecified atom stereocenters. The summed E-state index contributed by atoms with van der Waals surface area (Å²) in [5.41, 5.74) is 9.15. The summed E-state index contributed by atoms with van der Waals surface area (Å²) in [6.45, 7) is 0.644. The first-order valence-corrected chi connectivity index (χ1v) is 13.2. The minimum atomic E-state index is -3.89. The Morgan fingerprint density at radius 3 is 2.50 bits per heavy atom. The van der Waals surface area contributed by atoms with Crippen LogP contribution in [-0.4, -0.2) is 37.7 Å². The topological polar surface area (TPSA) is 96.1 Å². The summed E-state index contributed by atoms with van der Waals surface area (Å²) < 4.78 is 28.1. The third kappa shape index (κ3) is 3.61. The molecule has 0 spiro atoms. The zero-order valence-electron chi connectivity index (χ0n) is 19.4. The van der Waals surface area contributed by atoms with Crippen LogP contribution in [-0.2, 0) is 16.4 Å². The lowest BCUT2D eigenvalue weighted by molar-refractivity contribution is 0.0991. The number of amides is 1. The number of anilines is 1.